The maximum absolute atomic E-state index is 12.9. The number of rotatable bonds is 2. The van der Waals surface area contributed by atoms with Crippen molar-refractivity contribution in [2.75, 3.05) is 5.73 Å². The summed E-state index contributed by atoms with van der Waals surface area (Å²) in [5.41, 5.74) is 6.91. The molecule has 0 radical (unpaired) electrons. The Bertz CT molecular complexity index is 514. The maximum atomic E-state index is 12.9. The van der Waals surface area contributed by atoms with Gasteiger partial charge in [-0.2, -0.15) is 0 Å². The Morgan fingerprint density at radius 1 is 1.25 bits per heavy atom. The lowest BCUT2D eigenvalue weighted by atomic mass is 10.3. The van der Waals surface area contributed by atoms with Crippen LogP contribution in [0.4, 0.5) is 10.1 Å². The van der Waals surface area contributed by atoms with Crippen LogP contribution in [-0.4, -0.2) is 4.98 Å². The molecule has 0 aliphatic carbocycles. The third kappa shape index (κ3) is 2.28. The number of benzene rings is 1. The summed E-state index contributed by atoms with van der Waals surface area (Å²) in [6, 6.07) is 9.33. The Kier molecular flexibility index (Phi) is 2.72. The average Bonchev–Trinajstić information content (AvgIpc) is 2.24. The molecule has 16 heavy (non-hydrogen) atoms. The van der Waals surface area contributed by atoms with Crippen molar-refractivity contribution in [2.45, 2.75) is 6.92 Å². The number of nitrogen functional groups attached to an aromatic ring is 1. The molecular weight excluding hydrogens is 207 g/mol. The van der Waals surface area contributed by atoms with Crippen LogP contribution in [0.5, 0.6) is 11.6 Å². The van der Waals surface area contributed by atoms with Crippen LogP contribution in [0.25, 0.3) is 0 Å². The Morgan fingerprint density at radius 3 is 2.81 bits per heavy atom. The first kappa shape index (κ1) is 10.4. The van der Waals surface area contributed by atoms with Crippen molar-refractivity contribution in [1.82, 2.24) is 4.98 Å². The Morgan fingerprint density at radius 2 is 2.06 bits per heavy atom. The van der Waals surface area contributed by atoms with Crippen LogP contribution < -0.4 is 10.5 Å². The fourth-order valence-electron chi connectivity index (χ4n) is 1.27. The normalized spacial score (nSPS) is 10.1. The van der Waals surface area contributed by atoms with Crippen molar-refractivity contribution in [2.24, 2.45) is 0 Å². The van der Waals surface area contributed by atoms with E-state index in [1.807, 2.05) is 6.92 Å². The minimum atomic E-state index is -0.358. The van der Waals surface area contributed by atoms with Gasteiger partial charge in [-0.05, 0) is 31.2 Å². The standard InChI is InChI=1S/C12H11FN2O/c1-8-5-6-11(14)12(15-8)16-10-4-2-3-9(13)7-10/h2-7H,14H2,1H3. The van der Waals surface area contributed by atoms with Crippen molar-refractivity contribution in [1.29, 1.82) is 0 Å². The van der Waals surface area contributed by atoms with Gasteiger partial charge in [-0.15, -0.1) is 0 Å². The first-order chi connectivity index (χ1) is 7.65. The molecule has 0 spiro atoms. The topological polar surface area (TPSA) is 48.1 Å². The Hall–Kier alpha value is -2.10. The lowest BCUT2D eigenvalue weighted by molar-refractivity contribution is 0.459. The fourth-order valence-corrected chi connectivity index (χ4v) is 1.27. The van der Waals surface area contributed by atoms with Crippen LogP contribution >= 0.6 is 0 Å². The second-order valence-electron chi connectivity index (χ2n) is 3.41. The van der Waals surface area contributed by atoms with Crippen molar-refractivity contribution in [3.05, 3.63) is 47.9 Å². The number of pyridine rings is 1. The van der Waals surface area contributed by atoms with Crippen LogP contribution in [0, 0.1) is 12.7 Å². The highest BCUT2D eigenvalue weighted by molar-refractivity contribution is 5.49. The average molecular weight is 218 g/mol. The molecule has 1 heterocycles. The predicted molar refractivity (Wildman–Crippen MR) is 59.9 cm³/mol. The second kappa shape index (κ2) is 4.18. The van der Waals surface area contributed by atoms with Gasteiger partial charge in [0.15, 0.2) is 0 Å². The van der Waals surface area contributed by atoms with Gasteiger partial charge in [0.25, 0.3) is 0 Å². The molecular formula is C12H11FN2O. The summed E-state index contributed by atoms with van der Waals surface area (Å²) in [7, 11) is 0. The van der Waals surface area contributed by atoms with Gasteiger partial charge in [0, 0.05) is 11.8 Å². The summed E-state index contributed by atoms with van der Waals surface area (Å²) < 4.78 is 18.3. The molecule has 0 unspecified atom stereocenters. The van der Waals surface area contributed by atoms with Crippen LogP contribution in [0.2, 0.25) is 0 Å². The van der Waals surface area contributed by atoms with E-state index in [-0.39, 0.29) is 5.82 Å². The fraction of sp³-hybridized carbons (Fsp3) is 0.0833. The van der Waals surface area contributed by atoms with E-state index in [1.54, 1.807) is 24.3 Å². The molecule has 3 nitrogen and oxygen atoms in total. The van der Waals surface area contributed by atoms with Gasteiger partial charge >= 0.3 is 0 Å². The molecule has 0 aliphatic rings. The molecule has 0 saturated carbocycles. The molecule has 0 fully saturated rings. The number of halogens is 1. The van der Waals surface area contributed by atoms with Crippen molar-refractivity contribution in [3.8, 4) is 11.6 Å². The number of anilines is 1. The summed E-state index contributed by atoms with van der Waals surface area (Å²) in [5.74, 6) is 0.319. The minimum absolute atomic E-state index is 0.297. The largest absolute Gasteiger partial charge is 0.437 e. The Balaban J connectivity index is 2.30. The van der Waals surface area contributed by atoms with E-state index in [9.17, 15) is 4.39 Å². The molecule has 0 bridgehead atoms. The molecule has 1 aromatic carbocycles. The van der Waals surface area contributed by atoms with Crippen molar-refractivity contribution in [3.63, 3.8) is 0 Å². The van der Waals surface area contributed by atoms with Crippen molar-refractivity contribution >= 4 is 5.69 Å². The molecule has 0 amide bonds. The molecule has 0 atom stereocenters. The van der Waals surface area contributed by atoms with Gasteiger partial charge in [0.1, 0.15) is 11.6 Å². The van der Waals surface area contributed by atoms with E-state index in [1.165, 1.54) is 12.1 Å². The summed E-state index contributed by atoms with van der Waals surface area (Å²) >= 11 is 0. The maximum Gasteiger partial charge on any atom is 0.242 e. The summed E-state index contributed by atoms with van der Waals surface area (Å²) in [6.07, 6.45) is 0. The molecule has 2 rings (SSSR count). The first-order valence-corrected chi connectivity index (χ1v) is 4.82. The van der Waals surface area contributed by atoms with Gasteiger partial charge in [-0.1, -0.05) is 6.07 Å². The van der Waals surface area contributed by atoms with E-state index in [2.05, 4.69) is 4.98 Å². The van der Waals surface area contributed by atoms with Gasteiger partial charge in [0.2, 0.25) is 5.88 Å². The summed E-state index contributed by atoms with van der Waals surface area (Å²) in [6.45, 7) is 1.83. The van der Waals surface area contributed by atoms with E-state index in [0.29, 0.717) is 17.3 Å². The van der Waals surface area contributed by atoms with Crippen LogP contribution in [-0.2, 0) is 0 Å². The molecule has 0 saturated heterocycles. The number of hydrogen-bond donors (Lipinski definition) is 1. The van der Waals surface area contributed by atoms with E-state index in [4.69, 9.17) is 10.5 Å². The molecule has 2 aromatic rings. The number of aromatic nitrogens is 1. The lowest BCUT2D eigenvalue weighted by Crippen LogP contribution is -1.96. The van der Waals surface area contributed by atoms with Gasteiger partial charge in [-0.25, -0.2) is 9.37 Å². The quantitative estimate of drug-likeness (QED) is 0.843. The zero-order chi connectivity index (χ0) is 11.5. The highest BCUT2D eigenvalue weighted by Crippen LogP contribution is 2.25. The Labute approximate surface area is 92.7 Å². The van der Waals surface area contributed by atoms with Crippen LogP contribution in [0.15, 0.2) is 36.4 Å². The molecule has 4 heteroatoms. The van der Waals surface area contributed by atoms with Gasteiger partial charge in [-0.3, -0.25) is 0 Å². The van der Waals surface area contributed by atoms with Gasteiger partial charge in [0.05, 0.1) is 5.69 Å². The number of hydrogen-bond acceptors (Lipinski definition) is 3. The van der Waals surface area contributed by atoms with E-state index in [0.717, 1.165) is 5.69 Å². The van der Waals surface area contributed by atoms with Crippen LogP contribution in [0.1, 0.15) is 5.69 Å². The minimum Gasteiger partial charge on any atom is -0.437 e. The lowest BCUT2D eigenvalue weighted by Gasteiger charge is -2.07. The highest BCUT2D eigenvalue weighted by atomic mass is 19.1. The monoisotopic (exact) mass is 218 g/mol. The van der Waals surface area contributed by atoms with E-state index >= 15 is 0 Å². The molecule has 1 aromatic heterocycles. The highest BCUT2D eigenvalue weighted by Gasteiger charge is 2.04. The SMILES string of the molecule is Cc1ccc(N)c(Oc2cccc(F)c2)n1. The number of nitrogens with zero attached hydrogens (tertiary/aromatic N) is 1. The zero-order valence-electron chi connectivity index (χ0n) is 8.77. The van der Waals surface area contributed by atoms with Gasteiger partial charge < -0.3 is 10.5 Å². The molecule has 0 aliphatic heterocycles. The zero-order valence-corrected chi connectivity index (χ0v) is 8.77. The predicted octanol–water partition coefficient (Wildman–Crippen LogP) is 2.90. The van der Waals surface area contributed by atoms with E-state index < -0.39 is 0 Å². The molecule has 2 N–H and O–H groups in total. The molecule has 82 valence electrons. The summed E-state index contributed by atoms with van der Waals surface area (Å²) in [5, 5.41) is 0. The third-order valence-corrected chi connectivity index (χ3v) is 2.04. The summed E-state index contributed by atoms with van der Waals surface area (Å²) in [4.78, 5) is 4.13. The smallest absolute Gasteiger partial charge is 0.242 e. The number of ether oxygens (including phenoxy) is 1. The second-order valence-corrected chi connectivity index (χ2v) is 3.41. The van der Waals surface area contributed by atoms with Crippen molar-refractivity contribution < 1.29 is 9.13 Å². The van der Waals surface area contributed by atoms with Crippen LogP contribution in [0.3, 0.4) is 0 Å². The number of aryl methyl sites for hydroxylation is 1. The first-order valence-electron chi connectivity index (χ1n) is 4.82. The number of nitrogens with two attached hydrogens (primary N) is 1. The third-order valence-electron chi connectivity index (χ3n) is 2.04.